The summed E-state index contributed by atoms with van der Waals surface area (Å²) in [6, 6.07) is 9.54. The van der Waals surface area contributed by atoms with E-state index in [1.807, 2.05) is 30.3 Å². The Morgan fingerprint density at radius 1 is 1.21 bits per heavy atom. The summed E-state index contributed by atoms with van der Waals surface area (Å²) < 4.78 is 2.15. The quantitative estimate of drug-likeness (QED) is 0.556. The van der Waals surface area contributed by atoms with E-state index in [0.717, 1.165) is 42.5 Å². The van der Waals surface area contributed by atoms with Crippen LogP contribution in [0.25, 0.3) is 11.0 Å². The summed E-state index contributed by atoms with van der Waals surface area (Å²) in [5.41, 5.74) is 2.33. The van der Waals surface area contributed by atoms with Gasteiger partial charge in [0, 0.05) is 31.0 Å². The summed E-state index contributed by atoms with van der Waals surface area (Å²) in [4.78, 5) is 19.3. The topological polar surface area (TPSA) is 82.9 Å². The molecule has 0 bridgehead atoms. The third-order valence-electron chi connectivity index (χ3n) is 3.95. The Bertz CT molecular complexity index is 793. The van der Waals surface area contributed by atoms with E-state index in [4.69, 9.17) is 5.11 Å². The number of hydrogen-bond acceptors (Lipinski definition) is 3. The van der Waals surface area contributed by atoms with Crippen LogP contribution < -0.4 is 5.32 Å². The lowest BCUT2D eigenvalue weighted by molar-refractivity contribution is -0.116. The number of benzene rings is 1. The fourth-order valence-electron chi connectivity index (χ4n) is 2.71. The number of nitrogens with one attached hydrogen (secondary N) is 2. The van der Waals surface area contributed by atoms with Crippen LogP contribution in [-0.2, 0) is 17.9 Å². The molecule has 2 aromatic heterocycles. The van der Waals surface area contributed by atoms with Crippen molar-refractivity contribution in [3.05, 3.63) is 48.5 Å². The van der Waals surface area contributed by atoms with Crippen molar-refractivity contribution in [3.8, 4) is 0 Å². The molecule has 0 saturated carbocycles. The van der Waals surface area contributed by atoms with Crippen molar-refractivity contribution in [1.82, 2.24) is 14.5 Å². The molecule has 0 atom stereocenters. The molecule has 2 heterocycles. The van der Waals surface area contributed by atoms with Crippen molar-refractivity contribution in [1.29, 1.82) is 0 Å². The van der Waals surface area contributed by atoms with Crippen LogP contribution in [0.3, 0.4) is 0 Å². The number of unbranched alkanes of at least 4 members (excludes halogenated alkanes) is 2. The van der Waals surface area contributed by atoms with Gasteiger partial charge in [-0.1, -0.05) is 6.42 Å². The van der Waals surface area contributed by atoms with Gasteiger partial charge in [-0.05, 0) is 43.2 Å². The molecule has 1 aromatic carbocycles. The molecule has 0 saturated heterocycles. The van der Waals surface area contributed by atoms with Crippen LogP contribution >= 0.6 is 0 Å². The van der Waals surface area contributed by atoms with Gasteiger partial charge in [0.1, 0.15) is 12.4 Å². The number of fused-ring (bicyclic) bond motifs is 1. The Hall–Kier alpha value is -2.60. The monoisotopic (exact) mass is 326 g/mol. The molecule has 0 aliphatic rings. The number of nitrogens with zero attached hydrogens (tertiary/aromatic N) is 2. The number of rotatable bonds is 8. The molecule has 0 aliphatic carbocycles. The van der Waals surface area contributed by atoms with E-state index < -0.39 is 0 Å². The number of aliphatic hydroxyl groups excluding tert-OH is 1. The van der Waals surface area contributed by atoms with Gasteiger partial charge in [0.25, 0.3) is 0 Å². The Kier molecular flexibility index (Phi) is 5.28. The van der Waals surface area contributed by atoms with Gasteiger partial charge >= 0.3 is 0 Å². The maximum Gasteiger partial charge on any atom is 0.224 e. The Morgan fingerprint density at radius 2 is 2.04 bits per heavy atom. The molecule has 0 fully saturated rings. The molecule has 6 nitrogen and oxygen atoms in total. The zero-order valence-electron chi connectivity index (χ0n) is 13.5. The number of aromatic nitrogens is 3. The lowest BCUT2D eigenvalue weighted by atomic mass is 10.2. The normalized spacial score (nSPS) is 11.0. The van der Waals surface area contributed by atoms with Gasteiger partial charge in [-0.2, -0.15) is 0 Å². The second-order valence-electron chi connectivity index (χ2n) is 5.85. The predicted molar refractivity (Wildman–Crippen MR) is 93.5 cm³/mol. The van der Waals surface area contributed by atoms with Crippen LogP contribution in [-0.4, -0.2) is 25.5 Å². The SMILES string of the molecule is O=C(CCCCCn1cccc1)Nc1ccc2nc(CO)[nH]c2c1. The Morgan fingerprint density at radius 3 is 2.83 bits per heavy atom. The molecule has 1 amide bonds. The Labute approximate surface area is 140 Å². The van der Waals surface area contributed by atoms with Crippen molar-refractivity contribution < 1.29 is 9.90 Å². The molecule has 3 rings (SSSR count). The van der Waals surface area contributed by atoms with Crippen LogP contribution in [0.4, 0.5) is 5.69 Å². The van der Waals surface area contributed by atoms with Crippen LogP contribution in [0.15, 0.2) is 42.7 Å². The number of imidazole rings is 1. The minimum absolute atomic E-state index is 0.0252. The first-order valence-electron chi connectivity index (χ1n) is 8.25. The van der Waals surface area contributed by atoms with Crippen molar-refractivity contribution in [2.24, 2.45) is 0 Å². The fraction of sp³-hybridized carbons (Fsp3) is 0.333. The molecular formula is C18H22N4O2. The third-order valence-corrected chi connectivity index (χ3v) is 3.95. The van der Waals surface area contributed by atoms with Crippen molar-refractivity contribution >= 4 is 22.6 Å². The highest BCUT2D eigenvalue weighted by molar-refractivity contribution is 5.93. The van der Waals surface area contributed by atoms with Gasteiger partial charge < -0.3 is 20.0 Å². The maximum absolute atomic E-state index is 12.0. The minimum atomic E-state index is -0.126. The number of hydrogen-bond donors (Lipinski definition) is 3. The van der Waals surface area contributed by atoms with E-state index in [1.54, 1.807) is 0 Å². The molecule has 126 valence electrons. The third kappa shape index (κ3) is 4.23. The molecule has 6 heteroatoms. The van der Waals surface area contributed by atoms with Gasteiger partial charge in [-0.15, -0.1) is 0 Å². The molecule has 0 radical (unpaired) electrons. The number of aliphatic hydroxyl groups is 1. The smallest absolute Gasteiger partial charge is 0.224 e. The predicted octanol–water partition coefficient (Wildman–Crippen LogP) is 3.06. The highest BCUT2D eigenvalue weighted by Crippen LogP contribution is 2.18. The zero-order chi connectivity index (χ0) is 16.8. The standard InChI is InChI=1S/C18H22N4O2/c23-13-17-20-15-8-7-14(12-16(15)21-17)19-18(24)6-2-1-3-9-22-10-4-5-11-22/h4-5,7-8,10-12,23H,1-3,6,9,13H2,(H,19,24)(H,20,21). The first-order chi connectivity index (χ1) is 11.7. The number of carbonyl (C=O) groups is 1. The van der Waals surface area contributed by atoms with Gasteiger partial charge in [0.2, 0.25) is 5.91 Å². The average molecular weight is 326 g/mol. The second-order valence-corrected chi connectivity index (χ2v) is 5.85. The van der Waals surface area contributed by atoms with E-state index >= 15 is 0 Å². The van der Waals surface area contributed by atoms with Crippen LogP contribution in [0.2, 0.25) is 0 Å². The fourth-order valence-corrected chi connectivity index (χ4v) is 2.71. The number of amides is 1. The summed E-state index contributed by atoms with van der Waals surface area (Å²) >= 11 is 0. The van der Waals surface area contributed by atoms with E-state index in [9.17, 15) is 4.79 Å². The van der Waals surface area contributed by atoms with Gasteiger partial charge in [-0.3, -0.25) is 4.79 Å². The molecule has 0 spiro atoms. The number of aryl methyl sites for hydroxylation is 1. The summed E-state index contributed by atoms with van der Waals surface area (Å²) in [6.45, 7) is 0.873. The van der Waals surface area contributed by atoms with E-state index in [2.05, 4.69) is 32.2 Å². The number of H-pyrrole nitrogens is 1. The lowest BCUT2D eigenvalue weighted by Gasteiger charge is -2.06. The van der Waals surface area contributed by atoms with Crippen LogP contribution in [0.5, 0.6) is 0 Å². The van der Waals surface area contributed by atoms with Crippen molar-refractivity contribution in [3.63, 3.8) is 0 Å². The highest BCUT2D eigenvalue weighted by Gasteiger charge is 2.06. The minimum Gasteiger partial charge on any atom is -0.388 e. The molecule has 0 aliphatic heterocycles. The molecular weight excluding hydrogens is 304 g/mol. The summed E-state index contributed by atoms with van der Waals surface area (Å²) in [6.07, 6.45) is 7.63. The number of aromatic amines is 1. The summed E-state index contributed by atoms with van der Waals surface area (Å²) in [7, 11) is 0. The molecule has 3 aromatic rings. The maximum atomic E-state index is 12.0. The average Bonchev–Trinajstić information content (AvgIpc) is 3.23. The van der Waals surface area contributed by atoms with E-state index in [-0.39, 0.29) is 12.5 Å². The lowest BCUT2D eigenvalue weighted by Crippen LogP contribution is -2.11. The second kappa shape index (κ2) is 7.79. The zero-order valence-corrected chi connectivity index (χ0v) is 13.5. The van der Waals surface area contributed by atoms with Gasteiger partial charge in [0.15, 0.2) is 0 Å². The first kappa shape index (κ1) is 16.3. The Balaban J connectivity index is 1.42. The van der Waals surface area contributed by atoms with Crippen molar-refractivity contribution in [2.45, 2.75) is 38.8 Å². The van der Waals surface area contributed by atoms with E-state index in [1.165, 1.54) is 0 Å². The van der Waals surface area contributed by atoms with E-state index in [0.29, 0.717) is 12.2 Å². The van der Waals surface area contributed by atoms with Gasteiger partial charge in [0.05, 0.1) is 11.0 Å². The summed E-state index contributed by atoms with van der Waals surface area (Å²) in [5, 5.41) is 12.0. The number of anilines is 1. The summed E-state index contributed by atoms with van der Waals surface area (Å²) in [5.74, 6) is 0.549. The van der Waals surface area contributed by atoms with Crippen molar-refractivity contribution in [2.75, 3.05) is 5.32 Å². The number of carbonyl (C=O) groups excluding carboxylic acids is 1. The molecule has 0 unspecified atom stereocenters. The van der Waals surface area contributed by atoms with Crippen LogP contribution in [0.1, 0.15) is 31.5 Å². The largest absolute Gasteiger partial charge is 0.388 e. The van der Waals surface area contributed by atoms with Gasteiger partial charge in [-0.25, -0.2) is 4.98 Å². The van der Waals surface area contributed by atoms with Crippen LogP contribution in [0, 0.1) is 0 Å². The molecule has 3 N–H and O–H groups in total. The first-order valence-corrected chi connectivity index (χ1v) is 8.25. The molecule has 24 heavy (non-hydrogen) atoms. The highest BCUT2D eigenvalue weighted by atomic mass is 16.3.